The van der Waals surface area contributed by atoms with Crippen molar-refractivity contribution in [1.82, 2.24) is 0 Å². The molecular weight excluding hydrogens is 502 g/mol. The molecule has 1 aliphatic heterocycles. The highest BCUT2D eigenvalue weighted by Crippen LogP contribution is 2.44. The van der Waals surface area contributed by atoms with Crippen molar-refractivity contribution in [2.75, 3.05) is 44.9 Å². The second-order valence-corrected chi connectivity index (χ2v) is 12.8. The topological polar surface area (TPSA) is 64.3 Å². The summed E-state index contributed by atoms with van der Waals surface area (Å²) < 4.78 is 35.6. The van der Waals surface area contributed by atoms with Gasteiger partial charge in [-0.15, -0.1) is 0 Å². The van der Waals surface area contributed by atoms with E-state index in [1.807, 2.05) is 0 Å². The lowest BCUT2D eigenvalue weighted by molar-refractivity contribution is -0.892. The van der Waals surface area contributed by atoms with Gasteiger partial charge in [0.2, 0.25) is 5.52 Å². The molecule has 3 aromatic rings. The Bertz CT molecular complexity index is 1410. The fourth-order valence-electron chi connectivity index (χ4n) is 4.75. The Morgan fingerprint density at radius 2 is 1.73 bits per heavy atom. The number of thioether (sulfide) groups is 1. The van der Waals surface area contributed by atoms with Gasteiger partial charge in [-0.2, -0.15) is 4.57 Å². The van der Waals surface area contributed by atoms with Crippen LogP contribution in [0.5, 0.6) is 0 Å². The van der Waals surface area contributed by atoms with Crippen LogP contribution in [-0.2, 0) is 16.7 Å². The maximum atomic E-state index is 10.8. The molecule has 0 atom stereocenters. The summed E-state index contributed by atoms with van der Waals surface area (Å²) in [5.74, 6) is -0.268. The molecule has 0 aliphatic carbocycles. The summed E-state index contributed by atoms with van der Waals surface area (Å²) in [6.07, 6.45) is 10.8. The van der Waals surface area contributed by atoms with E-state index in [0.29, 0.717) is 6.42 Å². The lowest BCUT2D eigenvalue weighted by Gasteiger charge is -2.29. The average molecular weight is 539 g/mol. The van der Waals surface area contributed by atoms with E-state index in [2.05, 4.69) is 110 Å². The normalized spacial score (nSPS) is 15.2. The predicted molar refractivity (Wildman–Crippen MR) is 152 cm³/mol. The Balaban J connectivity index is 1.39. The molecule has 0 amide bonds. The number of nitrogens with zero attached hydrogens (tertiary/aromatic N) is 3. The number of hydrogen-bond donors (Lipinski definition) is 0. The first kappa shape index (κ1) is 27.4. The minimum absolute atomic E-state index is 0.268. The minimum atomic E-state index is -4.11. The lowest BCUT2D eigenvalue weighted by Crippen LogP contribution is -2.44. The van der Waals surface area contributed by atoms with Crippen LogP contribution in [0.2, 0.25) is 0 Å². The monoisotopic (exact) mass is 538 g/mol. The van der Waals surface area contributed by atoms with Gasteiger partial charge in [0.05, 0.1) is 59.8 Å². The van der Waals surface area contributed by atoms with Gasteiger partial charge in [0.15, 0.2) is 12.7 Å². The molecule has 8 heteroatoms. The third kappa shape index (κ3) is 7.45. The van der Waals surface area contributed by atoms with Gasteiger partial charge in [0.1, 0.15) is 0 Å². The molecule has 0 fully saturated rings. The summed E-state index contributed by atoms with van der Waals surface area (Å²) in [4.78, 5) is 3.51. The fourth-order valence-corrected chi connectivity index (χ4v) is 6.37. The highest BCUT2D eigenvalue weighted by molar-refractivity contribution is 8.03. The highest BCUT2D eigenvalue weighted by atomic mass is 32.2. The van der Waals surface area contributed by atoms with Gasteiger partial charge in [-0.3, -0.25) is 0 Å². The maximum Gasteiger partial charge on any atom is 0.213 e. The first-order valence-corrected chi connectivity index (χ1v) is 15.1. The van der Waals surface area contributed by atoms with E-state index in [-0.39, 0.29) is 5.75 Å². The van der Waals surface area contributed by atoms with Crippen LogP contribution in [-0.4, -0.2) is 57.4 Å². The highest BCUT2D eigenvalue weighted by Gasteiger charge is 2.20. The third-order valence-electron chi connectivity index (χ3n) is 6.82. The number of quaternary nitrogens is 1. The number of anilines is 1. The van der Waals surface area contributed by atoms with E-state index in [9.17, 15) is 13.0 Å². The van der Waals surface area contributed by atoms with Gasteiger partial charge >= 0.3 is 0 Å². The van der Waals surface area contributed by atoms with Crippen LogP contribution in [0.1, 0.15) is 24.8 Å². The number of hydrogen-bond acceptors (Lipinski definition) is 5. The van der Waals surface area contributed by atoms with Crippen molar-refractivity contribution in [1.29, 1.82) is 0 Å². The van der Waals surface area contributed by atoms with E-state index in [1.165, 1.54) is 32.1 Å². The SMILES string of the molecule is CN1C(=CC=Cc2cc[n+](CCC[N+](C)(C)CCCCS(=O)(=O)[O-])c3ccccc23)Sc2ccccc21. The summed E-state index contributed by atoms with van der Waals surface area (Å²) in [6.45, 7) is 2.75. The molecule has 196 valence electrons. The van der Waals surface area contributed by atoms with E-state index in [0.717, 1.165) is 37.0 Å². The zero-order valence-corrected chi connectivity index (χ0v) is 23.5. The van der Waals surface area contributed by atoms with Crippen LogP contribution in [0, 0.1) is 0 Å². The number of rotatable bonds is 11. The Morgan fingerprint density at radius 3 is 2.51 bits per heavy atom. The van der Waals surface area contributed by atoms with Crippen LogP contribution in [0.15, 0.2) is 82.9 Å². The van der Waals surface area contributed by atoms with Gasteiger partial charge in [-0.25, -0.2) is 8.42 Å². The zero-order chi connectivity index (χ0) is 26.5. The van der Waals surface area contributed by atoms with Crippen molar-refractivity contribution in [3.63, 3.8) is 0 Å². The van der Waals surface area contributed by atoms with Crippen LogP contribution in [0.25, 0.3) is 17.0 Å². The molecule has 0 bridgehead atoms. The van der Waals surface area contributed by atoms with E-state index in [4.69, 9.17) is 0 Å². The molecule has 0 saturated heterocycles. The molecule has 2 aromatic carbocycles. The van der Waals surface area contributed by atoms with Crippen molar-refractivity contribution in [3.05, 3.63) is 83.5 Å². The zero-order valence-electron chi connectivity index (χ0n) is 21.8. The number of fused-ring (bicyclic) bond motifs is 2. The quantitative estimate of drug-likeness (QED) is 0.149. The average Bonchev–Trinajstić information content (AvgIpc) is 3.18. The molecule has 0 saturated carbocycles. The number of aromatic nitrogens is 1. The summed E-state index contributed by atoms with van der Waals surface area (Å²) in [5, 5.41) is 2.44. The molecule has 4 rings (SSSR count). The molecule has 1 aliphatic rings. The molecular formula is C29H36N3O3S2+. The fraction of sp³-hybridized carbons (Fsp3) is 0.345. The molecule has 1 aromatic heterocycles. The van der Waals surface area contributed by atoms with Crippen molar-refractivity contribution < 1.29 is 22.0 Å². The Kier molecular flexibility index (Phi) is 8.75. The van der Waals surface area contributed by atoms with Gasteiger partial charge in [0.25, 0.3) is 0 Å². The molecule has 2 heterocycles. The number of aryl methyl sites for hydroxylation is 1. The lowest BCUT2D eigenvalue weighted by atomic mass is 10.1. The summed E-state index contributed by atoms with van der Waals surface area (Å²) in [7, 11) is 2.32. The second-order valence-electron chi connectivity index (χ2n) is 10.2. The summed E-state index contributed by atoms with van der Waals surface area (Å²) in [5.41, 5.74) is 3.65. The van der Waals surface area contributed by atoms with Crippen LogP contribution in [0.3, 0.4) is 0 Å². The molecule has 0 unspecified atom stereocenters. The molecule has 0 radical (unpaired) electrons. The maximum absolute atomic E-state index is 10.8. The minimum Gasteiger partial charge on any atom is -0.748 e. The van der Waals surface area contributed by atoms with Crippen molar-refractivity contribution in [2.24, 2.45) is 0 Å². The Morgan fingerprint density at radius 1 is 1.00 bits per heavy atom. The first-order chi connectivity index (χ1) is 17.6. The Labute approximate surface area is 225 Å². The predicted octanol–water partition coefficient (Wildman–Crippen LogP) is 5.02. The van der Waals surface area contributed by atoms with Crippen molar-refractivity contribution >= 4 is 44.5 Å². The van der Waals surface area contributed by atoms with Crippen molar-refractivity contribution in [2.45, 2.75) is 30.7 Å². The van der Waals surface area contributed by atoms with Gasteiger partial charge in [0, 0.05) is 29.8 Å². The summed E-state index contributed by atoms with van der Waals surface area (Å²) >= 11 is 1.79. The number of para-hydroxylation sites is 2. The largest absolute Gasteiger partial charge is 0.748 e. The number of benzene rings is 2. The van der Waals surface area contributed by atoms with E-state index in [1.54, 1.807) is 11.8 Å². The van der Waals surface area contributed by atoms with E-state index >= 15 is 0 Å². The first-order valence-electron chi connectivity index (χ1n) is 12.7. The van der Waals surface area contributed by atoms with Gasteiger partial charge in [-0.1, -0.05) is 48.2 Å². The molecule has 0 N–H and O–H groups in total. The van der Waals surface area contributed by atoms with Gasteiger partial charge < -0.3 is 13.9 Å². The van der Waals surface area contributed by atoms with Crippen LogP contribution < -0.4 is 9.47 Å². The second kappa shape index (κ2) is 11.8. The molecule has 37 heavy (non-hydrogen) atoms. The van der Waals surface area contributed by atoms with E-state index < -0.39 is 10.1 Å². The standard InChI is InChI=1S/C29H36N3O3S2/c1-30-27-15-6-7-16-28(27)36-29(30)17-10-12-24-18-20-31(26-14-5-4-13-25(24)26)19-11-22-32(2,3)21-8-9-23-37(33,34)35/h4-7,10,12-18,20H,8-9,11,19,21-23H2,1-3H3/q+1. The Hall–Kier alpha value is -2.65. The number of allylic oxidation sites excluding steroid dienone is 2. The molecule has 0 spiro atoms. The summed E-state index contributed by atoms with van der Waals surface area (Å²) in [6, 6.07) is 19.2. The van der Waals surface area contributed by atoms with Crippen LogP contribution >= 0.6 is 11.8 Å². The third-order valence-corrected chi connectivity index (χ3v) is 8.79. The number of pyridine rings is 1. The van der Waals surface area contributed by atoms with Gasteiger partial charge in [-0.05, 0) is 42.7 Å². The molecule has 6 nitrogen and oxygen atoms in total. The van der Waals surface area contributed by atoms with Crippen LogP contribution in [0.4, 0.5) is 5.69 Å². The number of unbranched alkanes of at least 4 members (excludes halogenated alkanes) is 1. The van der Waals surface area contributed by atoms with Crippen molar-refractivity contribution in [3.8, 4) is 0 Å². The smallest absolute Gasteiger partial charge is 0.213 e.